The first-order chi connectivity index (χ1) is 9.70. The summed E-state index contributed by atoms with van der Waals surface area (Å²) < 4.78 is 2.38. The molecule has 2 aromatic rings. The molecular formula is C17H27N3. The van der Waals surface area contributed by atoms with Crippen LogP contribution in [0, 0.1) is 0 Å². The highest BCUT2D eigenvalue weighted by Gasteiger charge is 2.03. The summed E-state index contributed by atoms with van der Waals surface area (Å²) in [6, 6.07) is 9.01. The molecule has 0 fully saturated rings. The zero-order chi connectivity index (χ0) is 14.4. The maximum atomic E-state index is 3.47. The molecule has 0 aliphatic rings. The van der Waals surface area contributed by atoms with Gasteiger partial charge in [0.1, 0.15) is 0 Å². The van der Waals surface area contributed by atoms with Gasteiger partial charge < -0.3 is 14.8 Å². The van der Waals surface area contributed by atoms with Crippen LogP contribution in [-0.2, 0) is 13.1 Å². The fraction of sp³-hybridized carbons (Fsp3) is 0.529. The number of aryl methyl sites for hydroxylation is 1. The van der Waals surface area contributed by atoms with Gasteiger partial charge in [0, 0.05) is 24.8 Å². The second-order valence-corrected chi connectivity index (χ2v) is 5.74. The molecule has 1 aromatic heterocycles. The van der Waals surface area contributed by atoms with Gasteiger partial charge in [0.25, 0.3) is 0 Å². The molecule has 3 nitrogen and oxygen atoms in total. The Bertz CT molecular complexity index is 528. The van der Waals surface area contributed by atoms with Gasteiger partial charge in [0.2, 0.25) is 0 Å². The first-order valence-corrected chi connectivity index (χ1v) is 7.64. The van der Waals surface area contributed by atoms with E-state index >= 15 is 0 Å². The SMILES string of the molecule is CCCNCc1ccc2ccn(CCCN(C)C)c2c1. The Morgan fingerprint density at radius 1 is 1.20 bits per heavy atom. The lowest BCUT2D eigenvalue weighted by Gasteiger charge is -2.11. The second kappa shape index (κ2) is 7.46. The number of hydrogen-bond acceptors (Lipinski definition) is 2. The van der Waals surface area contributed by atoms with Crippen molar-refractivity contribution in [3.8, 4) is 0 Å². The van der Waals surface area contributed by atoms with Crippen molar-refractivity contribution in [3.05, 3.63) is 36.0 Å². The third-order valence-corrected chi connectivity index (χ3v) is 3.60. The van der Waals surface area contributed by atoms with Crippen molar-refractivity contribution in [2.24, 2.45) is 0 Å². The van der Waals surface area contributed by atoms with E-state index in [-0.39, 0.29) is 0 Å². The second-order valence-electron chi connectivity index (χ2n) is 5.74. The molecule has 110 valence electrons. The minimum Gasteiger partial charge on any atom is -0.347 e. The van der Waals surface area contributed by atoms with E-state index in [1.165, 1.54) is 29.3 Å². The summed E-state index contributed by atoms with van der Waals surface area (Å²) in [4.78, 5) is 2.24. The van der Waals surface area contributed by atoms with Gasteiger partial charge in [-0.2, -0.15) is 0 Å². The highest BCUT2D eigenvalue weighted by atomic mass is 15.1. The molecule has 0 spiro atoms. The molecule has 0 saturated carbocycles. The minimum atomic E-state index is 0.965. The molecule has 0 aliphatic carbocycles. The highest BCUT2D eigenvalue weighted by molar-refractivity contribution is 5.80. The molecule has 0 unspecified atom stereocenters. The molecule has 2 rings (SSSR count). The summed E-state index contributed by atoms with van der Waals surface area (Å²) in [6.45, 7) is 6.48. The van der Waals surface area contributed by atoms with Gasteiger partial charge in [-0.05, 0) is 63.1 Å². The molecule has 20 heavy (non-hydrogen) atoms. The molecule has 0 saturated heterocycles. The van der Waals surface area contributed by atoms with Gasteiger partial charge in [-0.1, -0.05) is 19.1 Å². The fourth-order valence-corrected chi connectivity index (χ4v) is 2.50. The summed E-state index contributed by atoms with van der Waals surface area (Å²) >= 11 is 0. The quantitative estimate of drug-likeness (QED) is 0.746. The molecule has 1 heterocycles. The Hall–Kier alpha value is -1.32. The molecule has 0 bridgehead atoms. The number of rotatable bonds is 8. The zero-order valence-corrected chi connectivity index (χ0v) is 13.0. The lowest BCUT2D eigenvalue weighted by molar-refractivity contribution is 0.388. The van der Waals surface area contributed by atoms with Crippen LogP contribution in [0.4, 0.5) is 0 Å². The van der Waals surface area contributed by atoms with Crippen molar-refractivity contribution < 1.29 is 0 Å². The smallest absolute Gasteiger partial charge is 0.0483 e. The summed E-state index contributed by atoms with van der Waals surface area (Å²) in [6.07, 6.45) is 4.59. The number of nitrogens with zero attached hydrogens (tertiary/aromatic N) is 2. The van der Waals surface area contributed by atoms with E-state index in [0.717, 1.165) is 26.2 Å². The van der Waals surface area contributed by atoms with E-state index < -0.39 is 0 Å². The van der Waals surface area contributed by atoms with Crippen molar-refractivity contribution in [2.45, 2.75) is 32.9 Å². The van der Waals surface area contributed by atoms with Crippen LogP contribution in [0.25, 0.3) is 10.9 Å². The summed E-state index contributed by atoms with van der Waals surface area (Å²) in [5.41, 5.74) is 2.73. The topological polar surface area (TPSA) is 20.2 Å². The van der Waals surface area contributed by atoms with Crippen LogP contribution in [0.3, 0.4) is 0 Å². The Kier molecular flexibility index (Phi) is 5.62. The summed E-state index contributed by atoms with van der Waals surface area (Å²) in [7, 11) is 4.26. The number of benzene rings is 1. The normalized spacial score (nSPS) is 11.6. The van der Waals surface area contributed by atoms with Gasteiger partial charge in [-0.3, -0.25) is 0 Å². The van der Waals surface area contributed by atoms with Gasteiger partial charge in [0.05, 0.1) is 0 Å². The van der Waals surface area contributed by atoms with Crippen LogP contribution < -0.4 is 5.32 Å². The monoisotopic (exact) mass is 273 g/mol. The average molecular weight is 273 g/mol. The zero-order valence-electron chi connectivity index (χ0n) is 13.0. The first kappa shape index (κ1) is 15.1. The molecule has 0 radical (unpaired) electrons. The molecule has 1 N–H and O–H groups in total. The van der Waals surface area contributed by atoms with Crippen LogP contribution >= 0.6 is 0 Å². The lowest BCUT2D eigenvalue weighted by atomic mass is 10.1. The van der Waals surface area contributed by atoms with Gasteiger partial charge in [-0.15, -0.1) is 0 Å². The van der Waals surface area contributed by atoms with E-state index in [1.54, 1.807) is 0 Å². The summed E-state index contributed by atoms with van der Waals surface area (Å²) in [5.74, 6) is 0. The van der Waals surface area contributed by atoms with Crippen LogP contribution in [0.2, 0.25) is 0 Å². The minimum absolute atomic E-state index is 0.965. The van der Waals surface area contributed by atoms with Gasteiger partial charge in [0.15, 0.2) is 0 Å². The lowest BCUT2D eigenvalue weighted by Crippen LogP contribution is -2.15. The van der Waals surface area contributed by atoms with Crippen molar-refractivity contribution >= 4 is 10.9 Å². The standard InChI is InChI=1S/C17H27N3/c1-4-9-18-14-15-6-7-16-8-12-20(17(16)13-15)11-5-10-19(2)3/h6-8,12-13,18H,4-5,9-11,14H2,1-3H3. The van der Waals surface area contributed by atoms with Crippen LogP contribution in [-0.4, -0.2) is 36.7 Å². The third kappa shape index (κ3) is 4.09. The van der Waals surface area contributed by atoms with E-state index in [1.807, 2.05) is 0 Å². The predicted molar refractivity (Wildman–Crippen MR) is 87.1 cm³/mol. The molecular weight excluding hydrogens is 246 g/mol. The van der Waals surface area contributed by atoms with Gasteiger partial charge >= 0.3 is 0 Å². The maximum absolute atomic E-state index is 3.47. The molecule has 0 aliphatic heterocycles. The van der Waals surface area contributed by atoms with E-state index in [9.17, 15) is 0 Å². The Morgan fingerprint density at radius 3 is 2.80 bits per heavy atom. The Labute approximate surface area is 122 Å². The highest BCUT2D eigenvalue weighted by Crippen LogP contribution is 2.18. The van der Waals surface area contributed by atoms with Gasteiger partial charge in [-0.25, -0.2) is 0 Å². The van der Waals surface area contributed by atoms with Crippen molar-refractivity contribution in [1.29, 1.82) is 0 Å². The number of nitrogens with one attached hydrogen (secondary N) is 1. The predicted octanol–water partition coefficient (Wildman–Crippen LogP) is 3.09. The molecule has 0 amide bonds. The third-order valence-electron chi connectivity index (χ3n) is 3.60. The van der Waals surface area contributed by atoms with E-state index in [0.29, 0.717) is 0 Å². The Balaban J connectivity index is 2.05. The molecule has 3 heteroatoms. The van der Waals surface area contributed by atoms with E-state index in [2.05, 4.69) is 66.3 Å². The van der Waals surface area contributed by atoms with Crippen LogP contribution in [0.5, 0.6) is 0 Å². The number of hydrogen-bond donors (Lipinski definition) is 1. The maximum Gasteiger partial charge on any atom is 0.0483 e. The average Bonchev–Trinajstić information content (AvgIpc) is 2.82. The largest absolute Gasteiger partial charge is 0.347 e. The van der Waals surface area contributed by atoms with Crippen molar-refractivity contribution in [2.75, 3.05) is 27.2 Å². The fourth-order valence-electron chi connectivity index (χ4n) is 2.50. The number of fused-ring (bicyclic) bond motifs is 1. The molecule has 1 aromatic carbocycles. The summed E-state index contributed by atoms with van der Waals surface area (Å²) in [5, 5.41) is 4.81. The van der Waals surface area contributed by atoms with Crippen LogP contribution in [0.15, 0.2) is 30.5 Å². The number of aromatic nitrogens is 1. The Morgan fingerprint density at radius 2 is 2.05 bits per heavy atom. The van der Waals surface area contributed by atoms with Crippen molar-refractivity contribution in [3.63, 3.8) is 0 Å². The molecule has 0 atom stereocenters. The van der Waals surface area contributed by atoms with E-state index in [4.69, 9.17) is 0 Å². The van der Waals surface area contributed by atoms with Crippen LogP contribution in [0.1, 0.15) is 25.3 Å². The van der Waals surface area contributed by atoms with Crippen molar-refractivity contribution in [1.82, 2.24) is 14.8 Å². The first-order valence-electron chi connectivity index (χ1n) is 7.64.